The van der Waals surface area contributed by atoms with Gasteiger partial charge in [0.15, 0.2) is 0 Å². The Morgan fingerprint density at radius 3 is 2.71 bits per heavy atom. The standard InChI is InChI=1S/C17H19FN2O3S/c1-10-13(7-11-5-6-12(24-4)8-14(11)18)16(15(21)9-23-3)19-20(2)17(10)22/h5-6,8H,7,9H2,1-4H3. The summed E-state index contributed by atoms with van der Waals surface area (Å²) in [7, 11) is 2.89. The first-order chi connectivity index (χ1) is 11.4. The van der Waals surface area contributed by atoms with Crippen molar-refractivity contribution in [2.45, 2.75) is 18.2 Å². The molecule has 0 aliphatic carbocycles. The molecule has 0 aliphatic rings. The van der Waals surface area contributed by atoms with E-state index in [9.17, 15) is 14.0 Å². The number of aryl methyl sites for hydroxylation is 1. The molecule has 0 saturated heterocycles. The van der Waals surface area contributed by atoms with E-state index in [2.05, 4.69) is 5.10 Å². The first kappa shape index (κ1) is 18.4. The minimum atomic E-state index is -0.368. The summed E-state index contributed by atoms with van der Waals surface area (Å²) < 4.78 is 20.3. The molecule has 0 bridgehead atoms. The fraction of sp³-hybridized carbons (Fsp3) is 0.353. The maximum Gasteiger partial charge on any atom is 0.269 e. The van der Waals surface area contributed by atoms with Gasteiger partial charge in [-0.25, -0.2) is 9.07 Å². The van der Waals surface area contributed by atoms with E-state index in [1.165, 1.54) is 32.0 Å². The first-order valence-electron chi connectivity index (χ1n) is 7.30. The molecule has 1 heterocycles. The average molecular weight is 350 g/mol. The van der Waals surface area contributed by atoms with Gasteiger partial charge < -0.3 is 4.74 Å². The summed E-state index contributed by atoms with van der Waals surface area (Å²) in [6, 6.07) is 4.92. The van der Waals surface area contributed by atoms with Crippen LogP contribution in [0.4, 0.5) is 4.39 Å². The van der Waals surface area contributed by atoms with Crippen molar-refractivity contribution in [2.75, 3.05) is 20.0 Å². The zero-order valence-electron chi connectivity index (χ0n) is 14.1. The summed E-state index contributed by atoms with van der Waals surface area (Å²) in [6.07, 6.45) is 1.99. The Morgan fingerprint density at radius 1 is 1.42 bits per heavy atom. The van der Waals surface area contributed by atoms with Gasteiger partial charge in [0, 0.05) is 31.0 Å². The number of methoxy groups -OCH3 is 1. The number of carbonyl (C=O) groups is 1. The normalized spacial score (nSPS) is 10.9. The van der Waals surface area contributed by atoms with Gasteiger partial charge in [-0.1, -0.05) is 6.07 Å². The Hall–Kier alpha value is -1.99. The van der Waals surface area contributed by atoms with Crippen LogP contribution in [-0.4, -0.2) is 35.5 Å². The van der Waals surface area contributed by atoms with Crippen LogP contribution in [0.1, 0.15) is 27.2 Å². The summed E-state index contributed by atoms with van der Waals surface area (Å²) in [5.74, 6) is -0.709. The topological polar surface area (TPSA) is 61.2 Å². The van der Waals surface area contributed by atoms with Crippen LogP contribution in [0.5, 0.6) is 0 Å². The molecule has 7 heteroatoms. The van der Waals surface area contributed by atoms with Gasteiger partial charge in [0.2, 0.25) is 5.78 Å². The van der Waals surface area contributed by atoms with E-state index in [0.717, 1.165) is 9.58 Å². The number of ether oxygens (including phenoxy) is 1. The number of thioether (sulfide) groups is 1. The average Bonchev–Trinajstić information content (AvgIpc) is 2.56. The summed E-state index contributed by atoms with van der Waals surface area (Å²) in [4.78, 5) is 25.2. The van der Waals surface area contributed by atoms with E-state index >= 15 is 0 Å². The van der Waals surface area contributed by atoms with E-state index in [0.29, 0.717) is 16.7 Å². The molecule has 5 nitrogen and oxygen atoms in total. The summed E-state index contributed by atoms with van der Waals surface area (Å²) in [6.45, 7) is 1.47. The molecule has 0 amide bonds. The Bertz CT molecular complexity index is 833. The maximum absolute atomic E-state index is 14.3. The second-order valence-corrected chi connectivity index (χ2v) is 6.25. The Balaban J connectivity index is 2.54. The molecule has 0 N–H and O–H groups in total. The van der Waals surface area contributed by atoms with Gasteiger partial charge in [0.1, 0.15) is 18.1 Å². The predicted octanol–water partition coefficient (Wildman–Crippen LogP) is 2.37. The van der Waals surface area contributed by atoms with Crippen LogP contribution in [0, 0.1) is 12.7 Å². The van der Waals surface area contributed by atoms with E-state index in [1.54, 1.807) is 13.0 Å². The van der Waals surface area contributed by atoms with Gasteiger partial charge in [0.05, 0.1) is 0 Å². The van der Waals surface area contributed by atoms with Crippen molar-refractivity contribution in [2.24, 2.45) is 7.05 Å². The highest BCUT2D eigenvalue weighted by Gasteiger charge is 2.20. The SMILES string of the molecule is COCC(=O)c1nn(C)c(=O)c(C)c1Cc1ccc(SC)cc1F. The minimum absolute atomic E-state index is 0.125. The maximum atomic E-state index is 14.3. The molecular formula is C17H19FN2O3S. The lowest BCUT2D eigenvalue weighted by Crippen LogP contribution is -2.28. The molecule has 2 aromatic rings. The van der Waals surface area contributed by atoms with E-state index in [4.69, 9.17) is 4.74 Å². The third-order valence-corrected chi connectivity index (χ3v) is 4.50. The van der Waals surface area contributed by atoms with Crippen LogP contribution >= 0.6 is 11.8 Å². The fourth-order valence-corrected chi connectivity index (χ4v) is 2.86. The number of benzene rings is 1. The first-order valence-corrected chi connectivity index (χ1v) is 8.52. The van der Waals surface area contributed by atoms with Crippen molar-refractivity contribution in [3.05, 3.63) is 56.8 Å². The summed E-state index contributed by atoms with van der Waals surface area (Å²) >= 11 is 1.44. The Kier molecular flexibility index (Phi) is 5.90. The van der Waals surface area contributed by atoms with Crippen LogP contribution in [0.3, 0.4) is 0 Å². The highest BCUT2D eigenvalue weighted by Crippen LogP contribution is 2.22. The molecule has 1 aromatic carbocycles. The summed E-state index contributed by atoms with van der Waals surface area (Å²) in [5, 5.41) is 4.06. The number of rotatable bonds is 6. The number of ketones is 1. The molecule has 0 fully saturated rings. The largest absolute Gasteiger partial charge is 0.376 e. The molecule has 0 unspecified atom stereocenters. The number of hydrogen-bond acceptors (Lipinski definition) is 5. The number of halogens is 1. The van der Waals surface area contributed by atoms with E-state index in [1.807, 2.05) is 12.3 Å². The van der Waals surface area contributed by atoms with Gasteiger partial charge >= 0.3 is 0 Å². The van der Waals surface area contributed by atoms with Crippen molar-refractivity contribution >= 4 is 17.5 Å². The predicted molar refractivity (Wildman–Crippen MR) is 91.4 cm³/mol. The summed E-state index contributed by atoms with van der Waals surface area (Å²) in [5.41, 5.74) is 1.08. The monoisotopic (exact) mass is 350 g/mol. The third kappa shape index (κ3) is 3.73. The zero-order chi connectivity index (χ0) is 17.9. The van der Waals surface area contributed by atoms with E-state index < -0.39 is 0 Å². The molecule has 0 radical (unpaired) electrons. The number of Topliss-reactive ketones (excluding diaryl/α,β-unsaturated/α-hetero) is 1. The van der Waals surface area contributed by atoms with Crippen LogP contribution in [0.15, 0.2) is 27.9 Å². The smallest absolute Gasteiger partial charge is 0.269 e. The molecule has 0 saturated carbocycles. The zero-order valence-corrected chi connectivity index (χ0v) is 14.9. The molecule has 24 heavy (non-hydrogen) atoms. The van der Waals surface area contributed by atoms with Gasteiger partial charge in [-0.15, -0.1) is 11.8 Å². The quantitative estimate of drug-likeness (QED) is 0.591. The molecule has 128 valence electrons. The minimum Gasteiger partial charge on any atom is -0.376 e. The van der Waals surface area contributed by atoms with Crippen LogP contribution in [0.2, 0.25) is 0 Å². The lowest BCUT2D eigenvalue weighted by atomic mass is 9.98. The second kappa shape index (κ2) is 7.72. The van der Waals surface area contributed by atoms with Crippen molar-refractivity contribution in [1.82, 2.24) is 9.78 Å². The third-order valence-electron chi connectivity index (χ3n) is 3.77. The number of hydrogen-bond donors (Lipinski definition) is 0. The van der Waals surface area contributed by atoms with Crippen molar-refractivity contribution in [3.63, 3.8) is 0 Å². The molecule has 0 atom stereocenters. The molecule has 0 aliphatic heterocycles. The molecular weight excluding hydrogens is 331 g/mol. The van der Waals surface area contributed by atoms with Crippen LogP contribution in [0.25, 0.3) is 0 Å². The molecule has 2 rings (SSSR count). The van der Waals surface area contributed by atoms with E-state index in [-0.39, 0.29) is 35.9 Å². The van der Waals surface area contributed by atoms with Crippen molar-refractivity contribution in [3.8, 4) is 0 Å². The Labute approximate surface area is 143 Å². The number of carbonyl (C=O) groups excluding carboxylic acids is 1. The highest BCUT2D eigenvalue weighted by molar-refractivity contribution is 7.98. The van der Waals surface area contributed by atoms with Crippen molar-refractivity contribution < 1.29 is 13.9 Å². The van der Waals surface area contributed by atoms with Gasteiger partial charge in [-0.3, -0.25) is 9.59 Å². The lowest BCUT2D eigenvalue weighted by molar-refractivity contribution is 0.0839. The lowest BCUT2D eigenvalue weighted by Gasteiger charge is -2.13. The number of aromatic nitrogens is 2. The highest BCUT2D eigenvalue weighted by atomic mass is 32.2. The van der Waals surface area contributed by atoms with Gasteiger partial charge in [-0.05, 0) is 36.4 Å². The van der Waals surface area contributed by atoms with Gasteiger partial charge in [-0.2, -0.15) is 5.10 Å². The fourth-order valence-electron chi connectivity index (χ4n) is 2.43. The van der Waals surface area contributed by atoms with Crippen molar-refractivity contribution in [1.29, 1.82) is 0 Å². The molecule has 0 spiro atoms. The second-order valence-electron chi connectivity index (χ2n) is 5.37. The van der Waals surface area contributed by atoms with Crippen LogP contribution < -0.4 is 5.56 Å². The van der Waals surface area contributed by atoms with Gasteiger partial charge in [0.25, 0.3) is 5.56 Å². The number of nitrogens with zero attached hydrogens (tertiary/aromatic N) is 2. The Morgan fingerprint density at radius 2 is 2.12 bits per heavy atom. The molecule has 1 aromatic heterocycles. The van der Waals surface area contributed by atoms with Crippen LogP contribution in [-0.2, 0) is 18.2 Å².